The molecule has 0 bridgehead atoms. The van der Waals surface area contributed by atoms with Crippen LogP contribution >= 0.6 is 0 Å². The summed E-state index contributed by atoms with van der Waals surface area (Å²) in [5.74, 6) is -1.32. The summed E-state index contributed by atoms with van der Waals surface area (Å²) in [6.07, 6.45) is 1.67. The number of hydrogen-bond donors (Lipinski definition) is 2. The van der Waals surface area contributed by atoms with Gasteiger partial charge in [-0.1, -0.05) is 13.8 Å². The average molecular weight is 411 g/mol. The highest BCUT2D eigenvalue weighted by Gasteiger charge is 2.27. The van der Waals surface area contributed by atoms with E-state index < -0.39 is 34.5 Å². The minimum atomic E-state index is -3.56. The van der Waals surface area contributed by atoms with Gasteiger partial charge in [-0.05, 0) is 43.0 Å². The molecule has 10 heteroatoms. The van der Waals surface area contributed by atoms with Crippen LogP contribution in [0.15, 0.2) is 29.2 Å². The third kappa shape index (κ3) is 6.03. The van der Waals surface area contributed by atoms with Crippen LogP contribution in [0.2, 0.25) is 0 Å². The summed E-state index contributed by atoms with van der Waals surface area (Å²) in [6.45, 7) is 4.59. The number of urea groups is 1. The maximum atomic E-state index is 12.4. The van der Waals surface area contributed by atoms with Gasteiger partial charge in [-0.2, -0.15) is 4.31 Å². The Kier molecular flexibility index (Phi) is 7.53. The summed E-state index contributed by atoms with van der Waals surface area (Å²) >= 11 is 0. The molecular formula is C18H25N3O6S. The van der Waals surface area contributed by atoms with E-state index in [9.17, 15) is 22.8 Å². The smallest absolute Gasteiger partial charge is 0.338 e. The molecule has 0 saturated carbocycles. The number of benzene rings is 1. The zero-order chi connectivity index (χ0) is 20.7. The van der Waals surface area contributed by atoms with Crippen molar-refractivity contribution in [2.45, 2.75) is 31.6 Å². The van der Waals surface area contributed by atoms with E-state index in [2.05, 4.69) is 10.6 Å². The number of imide groups is 1. The van der Waals surface area contributed by atoms with Crippen molar-refractivity contribution in [3.63, 3.8) is 0 Å². The Morgan fingerprint density at radius 2 is 1.71 bits per heavy atom. The van der Waals surface area contributed by atoms with Gasteiger partial charge in [0.25, 0.3) is 5.91 Å². The third-order valence-electron chi connectivity index (χ3n) is 4.05. The van der Waals surface area contributed by atoms with Gasteiger partial charge in [0.05, 0.1) is 10.5 Å². The topological polar surface area (TPSA) is 122 Å². The first-order chi connectivity index (χ1) is 13.2. The standard InChI is InChI=1S/C18H25N3O6S/c1-13(2)11-19-18(24)20-16(22)12-27-17(23)14-5-7-15(8-6-14)28(25,26)21-9-3-4-10-21/h5-8,13H,3-4,9-12H2,1-2H3,(H2,19,20,22,24). The number of carbonyl (C=O) groups excluding carboxylic acids is 3. The summed E-state index contributed by atoms with van der Waals surface area (Å²) in [6, 6.07) is 4.68. The summed E-state index contributed by atoms with van der Waals surface area (Å²) in [4.78, 5) is 35.2. The first-order valence-electron chi connectivity index (χ1n) is 9.05. The van der Waals surface area contributed by atoms with Crippen LogP contribution in [-0.4, -0.2) is 56.9 Å². The fourth-order valence-electron chi connectivity index (χ4n) is 2.56. The van der Waals surface area contributed by atoms with E-state index >= 15 is 0 Å². The van der Waals surface area contributed by atoms with Crippen LogP contribution in [0.5, 0.6) is 0 Å². The lowest BCUT2D eigenvalue weighted by Crippen LogP contribution is -2.42. The first-order valence-corrected chi connectivity index (χ1v) is 10.5. The van der Waals surface area contributed by atoms with Crippen LogP contribution in [0.25, 0.3) is 0 Å². The molecule has 0 radical (unpaired) electrons. The summed E-state index contributed by atoms with van der Waals surface area (Å²) in [7, 11) is -3.56. The summed E-state index contributed by atoms with van der Waals surface area (Å²) in [5, 5.41) is 4.55. The molecule has 28 heavy (non-hydrogen) atoms. The number of carbonyl (C=O) groups is 3. The maximum Gasteiger partial charge on any atom is 0.338 e. The molecule has 3 amide bonds. The third-order valence-corrected chi connectivity index (χ3v) is 5.96. The van der Waals surface area contributed by atoms with Gasteiger partial charge in [-0.3, -0.25) is 10.1 Å². The predicted molar refractivity (Wildman–Crippen MR) is 101 cm³/mol. The second-order valence-electron chi connectivity index (χ2n) is 6.86. The van der Waals surface area contributed by atoms with E-state index in [0.29, 0.717) is 19.6 Å². The second kappa shape index (κ2) is 9.65. The lowest BCUT2D eigenvalue weighted by Gasteiger charge is -2.15. The Morgan fingerprint density at radius 1 is 1.11 bits per heavy atom. The second-order valence-corrected chi connectivity index (χ2v) is 8.80. The Morgan fingerprint density at radius 3 is 2.29 bits per heavy atom. The van der Waals surface area contributed by atoms with Crippen molar-refractivity contribution in [1.29, 1.82) is 0 Å². The van der Waals surface area contributed by atoms with E-state index in [1.807, 2.05) is 13.8 Å². The molecule has 1 aliphatic rings. The van der Waals surface area contributed by atoms with Crippen LogP contribution in [-0.2, 0) is 19.6 Å². The highest BCUT2D eigenvalue weighted by atomic mass is 32.2. The van der Waals surface area contributed by atoms with Gasteiger partial charge >= 0.3 is 12.0 Å². The van der Waals surface area contributed by atoms with E-state index in [1.54, 1.807) is 0 Å². The zero-order valence-corrected chi connectivity index (χ0v) is 16.8. The van der Waals surface area contributed by atoms with Gasteiger partial charge < -0.3 is 10.1 Å². The normalized spacial score (nSPS) is 14.7. The fourth-order valence-corrected chi connectivity index (χ4v) is 4.08. The molecule has 1 aromatic rings. The van der Waals surface area contributed by atoms with Crippen LogP contribution in [0.1, 0.15) is 37.0 Å². The SMILES string of the molecule is CC(C)CNC(=O)NC(=O)COC(=O)c1ccc(S(=O)(=O)N2CCCC2)cc1. The van der Waals surface area contributed by atoms with Gasteiger partial charge in [0.1, 0.15) is 0 Å². The molecule has 1 saturated heterocycles. The minimum absolute atomic E-state index is 0.102. The highest BCUT2D eigenvalue weighted by Crippen LogP contribution is 2.21. The van der Waals surface area contributed by atoms with Gasteiger partial charge in [0, 0.05) is 19.6 Å². The van der Waals surface area contributed by atoms with Crippen molar-refractivity contribution < 1.29 is 27.5 Å². The van der Waals surface area contributed by atoms with Crippen molar-refractivity contribution in [3.05, 3.63) is 29.8 Å². The number of amides is 3. The Balaban J connectivity index is 1.86. The van der Waals surface area contributed by atoms with Crippen LogP contribution in [0.4, 0.5) is 4.79 Å². The van der Waals surface area contributed by atoms with E-state index in [4.69, 9.17) is 4.74 Å². The molecule has 0 atom stereocenters. The molecular weight excluding hydrogens is 386 g/mol. The average Bonchev–Trinajstić information content (AvgIpc) is 3.20. The molecule has 2 N–H and O–H groups in total. The lowest BCUT2D eigenvalue weighted by atomic mass is 10.2. The molecule has 2 rings (SSSR count). The Hall–Kier alpha value is -2.46. The molecule has 1 aliphatic heterocycles. The van der Waals surface area contributed by atoms with Crippen molar-refractivity contribution in [2.75, 3.05) is 26.2 Å². The first kappa shape index (κ1) is 21.8. The van der Waals surface area contributed by atoms with E-state index in [-0.39, 0.29) is 16.4 Å². The van der Waals surface area contributed by atoms with Crippen molar-refractivity contribution in [2.24, 2.45) is 5.92 Å². The molecule has 0 aliphatic carbocycles. The van der Waals surface area contributed by atoms with Crippen LogP contribution < -0.4 is 10.6 Å². The van der Waals surface area contributed by atoms with Gasteiger partial charge in [-0.25, -0.2) is 18.0 Å². The predicted octanol–water partition coefficient (Wildman–Crippen LogP) is 1.11. The number of hydrogen-bond acceptors (Lipinski definition) is 6. The van der Waals surface area contributed by atoms with Gasteiger partial charge in [-0.15, -0.1) is 0 Å². The Labute approximate surface area is 164 Å². The number of ether oxygens (including phenoxy) is 1. The van der Waals surface area contributed by atoms with E-state index in [1.165, 1.54) is 28.6 Å². The number of sulfonamides is 1. The van der Waals surface area contributed by atoms with Gasteiger partial charge in [0.2, 0.25) is 10.0 Å². The van der Waals surface area contributed by atoms with Gasteiger partial charge in [0.15, 0.2) is 6.61 Å². The molecule has 0 aromatic heterocycles. The highest BCUT2D eigenvalue weighted by molar-refractivity contribution is 7.89. The molecule has 154 valence electrons. The van der Waals surface area contributed by atoms with Crippen molar-refractivity contribution in [1.82, 2.24) is 14.9 Å². The number of nitrogens with zero attached hydrogens (tertiary/aromatic N) is 1. The molecule has 0 spiro atoms. The quantitative estimate of drug-likeness (QED) is 0.648. The number of esters is 1. The van der Waals surface area contributed by atoms with E-state index in [0.717, 1.165) is 12.8 Å². The number of nitrogens with one attached hydrogen (secondary N) is 2. The molecule has 1 aromatic carbocycles. The monoisotopic (exact) mass is 411 g/mol. The molecule has 0 unspecified atom stereocenters. The minimum Gasteiger partial charge on any atom is -0.452 e. The van der Waals surface area contributed by atoms with Crippen molar-refractivity contribution in [3.8, 4) is 0 Å². The Bertz CT molecular complexity index is 814. The lowest BCUT2D eigenvalue weighted by molar-refractivity contribution is -0.123. The van der Waals surface area contributed by atoms with Crippen LogP contribution in [0, 0.1) is 5.92 Å². The maximum absolute atomic E-state index is 12.4. The van der Waals surface area contributed by atoms with Crippen LogP contribution in [0.3, 0.4) is 0 Å². The number of rotatable bonds is 7. The largest absolute Gasteiger partial charge is 0.452 e. The summed E-state index contributed by atoms with van der Waals surface area (Å²) < 4.78 is 31.2. The molecule has 9 nitrogen and oxygen atoms in total. The molecule has 1 fully saturated rings. The zero-order valence-electron chi connectivity index (χ0n) is 15.9. The summed E-state index contributed by atoms with van der Waals surface area (Å²) in [5.41, 5.74) is 0.109. The molecule has 1 heterocycles. The fraction of sp³-hybridized carbons (Fsp3) is 0.500. The van der Waals surface area contributed by atoms with Crippen molar-refractivity contribution >= 4 is 27.9 Å².